The zero-order valence-corrected chi connectivity index (χ0v) is 5.60. The minimum atomic E-state index is -2.02. The Morgan fingerprint density at radius 1 is 1.88 bits per heavy atom. The van der Waals surface area contributed by atoms with Crippen LogP contribution in [0.3, 0.4) is 0 Å². The van der Waals surface area contributed by atoms with Crippen LogP contribution in [-0.4, -0.2) is 21.2 Å². The summed E-state index contributed by atoms with van der Waals surface area (Å²) in [4.78, 5) is 0. The second kappa shape index (κ2) is 5.49. The molecule has 1 atom stereocenters. The number of alkyl halides is 1. The maximum Gasteiger partial charge on any atom is 0.241 e. The highest BCUT2D eigenvalue weighted by Crippen LogP contribution is 1.91. The lowest BCUT2D eigenvalue weighted by atomic mass is 10.9. The summed E-state index contributed by atoms with van der Waals surface area (Å²) in [5.41, 5.74) is 0. The SMILES string of the molecule is O=S(O)NSCCF. The van der Waals surface area contributed by atoms with Gasteiger partial charge in [-0.25, -0.2) is 4.21 Å². The monoisotopic (exact) mass is 159 g/mol. The van der Waals surface area contributed by atoms with E-state index in [2.05, 4.69) is 4.13 Å². The lowest BCUT2D eigenvalue weighted by molar-refractivity contribution is 0.532. The molecule has 0 aliphatic rings. The van der Waals surface area contributed by atoms with Crippen molar-refractivity contribution in [2.75, 3.05) is 12.4 Å². The first-order chi connectivity index (χ1) is 3.77. The smallest absolute Gasteiger partial charge is 0.241 e. The number of hydrogen-bond donors (Lipinski definition) is 2. The van der Waals surface area contributed by atoms with Gasteiger partial charge in [0.15, 0.2) is 0 Å². The topological polar surface area (TPSA) is 49.3 Å². The van der Waals surface area contributed by atoms with E-state index in [0.717, 1.165) is 11.9 Å². The Bertz CT molecular complexity index is 80.4. The van der Waals surface area contributed by atoms with Crippen molar-refractivity contribution in [3.8, 4) is 0 Å². The third-order valence-electron chi connectivity index (χ3n) is 0.309. The molecule has 0 spiro atoms. The van der Waals surface area contributed by atoms with Crippen LogP contribution < -0.4 is 4.13 Å². The van der Waals surface area contributed by atoms with Gasteiger partial charge in [0.25, 0.3) is 0 Å². The fourth-order valence-corrected chi connectivity index (χ4v) is 0.944. The summed E-state index contributed by atoms with van der Waals surface area (Å²) in [5, 5.41) is 0. The second-order valence-corrected chi connectivity index (χ2v) is 2.73. The summed E-state index contributed by atoms with van der Waals surface area (Å²) in [5.74, 6) is 0.201. The summed E-state index contributed by atoms with van der Waals surface area (Å²) in [7, 11) is 0. The molecule has 6 heteroatoms. The molecule has 0 heterocycles. The Hall–Kier alpha value is 0.350. The van der Waals surface area contributed by atoms with Crippen molar-refractivity contribution in [3.63, 3.8) is 0 Å². The average Bonchev–Trinajstić information content (AvgIpc) is 1.66. The number of rotatable bonds is 4. The normalized spacial score (nSPS) is 13.8. The molecular weight excluding hydrogens is 153 g/mol. The van der Waals surface area contributed by atoms with Crippen molar-refractivity contribution in [1.82, 2.24) is 4.13 Å². The molecule has 0 rings (SSSR count). The van der Waals surface area contributed by atoms with Gasteiger partial charge in [-0.05, 0) is 0 Å². The zero-order chi connectivity index (χ0) is 6.41. The molecule has 0 aliphatic heterocycles. The van der Waals surface area contributed by atoms with Crippen LogP contribution in [0.1, 0.15) is 0 Å². The maximum absolute atomic E-state index is 11.2. The van der Waals surface area contributed by atoms with Crippen molar-refractivity contribution in [2.24, 2.45) is 0 Å². The van der Waals surface area contributed by atoms with E-state index >= 15 is 0 Å². The molecule has 0 bridgehead atoms. The van der Waals surface area contributed by atoms with Crippen molar-refractivity contribution in [1.29, 1.82) is 0 Å². The molecule has 3 nitrogen and oxygen atoms in total. The van der Waals surface area contributed by atoms with Crippen molar-refractivity contribution in [3.05, 3.63) is 0 Å². The lowest BCUT2D eigenvalue weighted by Crippen LogP contribution is -2.07. The lowest BCUT2D eigenvalue weighted by Gasteiger charge is -1.91. The molecule has 0 aliphatic carbocycles. The summed E-state index contributed by atoms with van der Waals surface area (Å²) in [6, 6.07) is 0. The summed E-state index contributed by atoms with van der Waals surface area (Å²) in [6.45, 7) is -0.491. The molecule has 0 amide bonds. The van der Waals surface area contributed by atoms with Gasteiger partial charge < -0.3 is 0 Å². The molecule has 0 aromatic carbocycles. The largest absolute Gasteiger partial charge is 0.293 e. The third kappa shape index (κ3) is 6.35. The van der Waals surface area contributed by atoms with Crippen LogP contribution in [0.2, 0.25) is 0 Å². The Kier molecular flexibility index (Phi) is 5.73. The van der Waals surface area contributed by atoms with E-state index in [1.54, 1.807) is 0 Å². The molecule has 0 radical (unpaired) electrons. The highest BCUT2D eigenvalue weighted by atomic mass is 32.3. The molecule has 50 valence electrons. The molecule has 2 N–H and O–H groups in total. The van der Waals surface area contributed by atoms with Gasteiger partial charge >= 0.3 is 0 Å². The van der Waals surface area contributed by atoms with E-state index < -0.39 is 17.9 Å². The van der Waals surface area contributed by atoms with Gasteiger partial charge in [-0.2, -0.15) is 4.13 Å². The van der Waals surface area contributed by atoms with Gasteiger partial charge in [0.2, 0.25) is 11.3 Å². The quantitative estimate of drug-likeness (QED) is 0.353. The van der Waals surface area contributed by atoms with E-state index in [0.29, 0.717) is 0 Å². The molecule has 8 heavy (non-hydrogen) atoms. The molecule has 0 fully saturated rings. The van der Waals surface area contributed by atoms with E-state index in [-0.39, 0.29) is 5.75 Å². The van der Waals surface area contributed by atoms with E-state index in [1.807, 2.05) is 0 Å². The molecule has 0 aromatic rings. The van der Waals surface area contributed by atoms with Gasteiger partial charge in [0.05, 0.1) is 6.67 Å². The van der Waals surface area contributed by atoms with Gasteiger partial charge in [0, 0.05) is 5.75 Å². The number of nitrogens with one attached hydrogen (secondary N) is 1. The molecule has 1 unspecified atom stereocenters. The summed E-state index contributed by atoms with van der Waals surface area (Å²) < 4.78 is 31.0. The van der Waals surface area contributed by atoms with Crippen LogP contribution in [0.4, 0.5) is 4.39 Å². The first-order valence-electron chi connectivity index (χ1n) is 1.81. The summed E-state index contributed by atoms with van der Waals surface area (Å²) in [6.07, 6.45) is 0. The molecular formula is C2H6FNO2S2. The van der Waals surface area contributed by atoms with Crippen molar-refractivity contribution >= 4 is 23.2 Å². The standard InChI is InChI=1S/C2H6FNO2S2/c3-1-2-7-4-8(5)6/h4H,1-2H2,(H,5,6). The van der Waals surface area contributed by atoms with Gasteiger partial charge in [-0.1, -0.05) is 11.9 Å². The Morgan fingerprint density at radius 2 is 2.50 bits per heavy atom. The first-order valence-corrected chi connectivity index (χ1v) is 3.91. The van der Waals surface area contributed by atoms with E-state index in [4.69, 9.17) is 4.55 Å². The fourth-order valence-electron chi connectivity index (χ4n) is 0.131. The molecule has 0 aromatic heterocycles. The number of hydrogen-bond acceptors (Lipinski definition) is 2. The Morgan fingerprint density at radius 3 is 2.88 bits per heavy atom. The summed E-state index contributed by atoms with van der Waals surface area (Å²) >= 11 is -1.13. The van der Waals surface area contributed by atoms with Crippen LogP contribution in [0.25, 0.3) is 0 Å². The van der Waals surface area contributed by atoms with Crippen LogP contribution in [-0.2, 0) is 11.3 Å². The second-order valence-electron chi connectivity index (χ2n) is 0.870. The molecule has 0 saturated carbocycles. The highest BCUT2D eigenvalue weighted by Gasteiger charge is 1.89. The number of halogens is 1. The predicted molar refractivity (Wildman–Crippen MR) is 32.3 cm³/mol. The maximum atomic E-state index is 11.2. The van der Waals surface area contributed by atoms with Crippen LogP contribution in [0, 0.1) is 0 Å². The van der Waals surface area contributed by atoms with Gasteiger partial charge in [-0.3, -0.25) is 8.94 Å². The Balaban J connectivity index is 2.82. The fraction of sp³-hybridized carbons (Fsp3) is 1.00. The zero-order valence-electron chi connectivity index (χ0n) is 3.96. The third-order valence-corrected chi connectivity index (χ3v) is 1.71. The van der Waals surface area contributed by atoms with Crippen molar-refractivity contribution in [2.45, 2.75) is 0 Å². The van der Waals surface area contributed by atoms with Crippen LogP contribution in [0.15, 0.2) is 0 Å². The Labute approximate surface area is 53.6 Å². The van der Waals surface area contributed by atoms with Crippen molar-refractivity contribution < 1.29 is 13.2 Å². The van der Waals surface area contributed by atoms with Gasteiger partial charge in [-0.15, -0.1) is 0 Å². The predicted octanol–water partition coefficient (Wildman–Crippen LogP) is 0.330. The van der Waals surface area contributed by atoms with Crippen LogP contribution >= 0.6 is 11.9 Å². The minimum Gasteiger partial charge on any atom is -0.293 e. The minimum absolute atomic E-state index is 0.201. The van der Waals surface area contributed by atoms with E-state index in [9.17, 15) is 8.60 Å². The van der Waals surface area contributed by atoms with E-state index in [1.165, 1.54) is 0 Å². The van der Waals surface area contributed by atoms with Crippen LogP contribution in [0.5, 0.6) is 0 Å². The highest BCUT2D eigenvalue weighted by molar-refractivity contribution is 8.05. The average molecular weight is 159 g/mol. The first kappa shape index (κ1) is 8.35. The van der Waals surface area contributed by atoms with Gasteiger partial charge in [0.1, 0.15) is 0 Å². The molecule has 0 saturated heterocycles.